The summed E-state index contributed by atoms with van der Waals surface area (Å²) in [7, 11) is 0. The van der Waals surface area contributed by atoms with Crippen molar-refractivity contribution in [2.24, 2.45) is 5.92 Å². The Labute approximate surface area is 114 Å². The molecule has 19 heavy (non-hydrogen) atoms. The highest BCUT2D eigenvalue weighted by molar-refractivity contribution is 5.69. The number of ether oxygens (including phenoxy) is 1. The van der Waals surface area contributed by atoms with Gasteiger partial charge < -0.3 is 15.8 Å². The van der Waals surface area contributed by atoms with E-state index in [1.807, 2.05) is 13.8 Å². The molecule has 0 amide bonds. The fraction of sp³-hybridized carbons (Fsp3) is 0.600. The van der Waals surface area contributed by atoms with Gasteiger partial charge in [-0.3, -0.25) is 0 Å². The average Bonchev–Trinajstić information content (AvgIpc) is 3.03. The van der Waals surface area contributed by atoms with E-state index in [1.165, 1.54) is 25.3 Å². The maximum absolute atomic E-state index is 13.7. The Kier molecular flexibility index (Phi) is 4.17. The second-order valence-electron chi connectivity index (χ2n) is 5.57. The lowest BCUT2D eigenvalue weighted by atomic mass is 10.2. The first-order valence-corrected chi connectivity index (χ1v) is 7.03. The van der Waals surface area contributed by atoms with Crippen molar-refractivity contribution in [1.29, 1.82) is 0 Å². The van der Waals surface area contributed by atoms with E-state index < -0.39 is 5.82 Å². The second kappa shape index (κ2) is 5.68. The number of nitrogen functional groups attached to an aromatic ring is 1. The van der Waals surface area contributed by atoms with Crippen LogP contribution in [0.2, 0.25) is 0 Å². The van der Waals surface area contributed by atoms with Crippen molar-refractivity contribution in [3.63, 3.8) is 0 Å². The van der Waals surface area contributed by atoms with Crippen LogP contribution in [0.25, 0.3) is 0 Å². The summed E-state index contributed by atoms with van der Waals surface area (Å²) in [5.41, 5.74) is 7.08. The summed E-state index contributed by atoms with van der Waals surface area (Å²) in [4.78, 5) is 0. The Balaban J connectivity index is 2.07. The lowest BCUT2D eigenvalue weighted by Crippen LogP contribution is -2.10. The molecule has 1 aliphatic carbocycles. The molecule has 2 unspecified atom stereocenters. The maximum atomic E-state index is 13.7. The molecule has 3 N–H and O–H groups in total. The van der Waals surface area contributed by atoms with Gasteiger partial charge in [-0.05, 0) is 32.6 Å². The molecule has 1 aromatic carbocycles. The van der Waals surface area contributed by atoms with Crippen LogP contribution in [-0.2, 0) is 0 Å². The standard InChI is InChI=1S/C15H23FN2O/c1-4-5-10-6-13(10)18-14-8-15(19-9(2)3)11(16)7-12(14)17/h7-10,13,18H,4-6,17H2,1-3H3. The van der Waals surface area contributed by atoms with Gasteiger partial charge in [0.25, 0.3) is 0 Å². The predicted octanol–water partition coefficient (Wildman–Crippen LogP) is 3.80. The Hall–Kier alpha value is -1.45. The van der Waals surface area contributed by atoms with Gasteiger partial charge in [-0.1, -0.05) is 13.3 Å². The van der Waals surface area contributed by atoms with Gasteiger partial charge in [0.05, 0.1) is 17.5 Å². The normalized spacial score (nSPS) is 21.5. The van der Waals surface area contributed by atoms with Gasteiger partial charge in [-0.15, -0.1) is 0 Å². The summed E-state index contributed by atoms with van der Waals surface area (Å²) >= 11 is 0. The summed E-state index contributed by atoms with van der Waals surface area (Å²) in [5.74, 6) is 0.584. The highest BCUT2D eigenvalue weighted by Gasteiger charge is 2.36. The minimum Gasteiger partial charge on any atom is -0.488 e. The highest BCUT2D eigenvalue weighted by atomic mass is 19.1. The quantitative estimate of drug-likeness (QED) is 0.770. The fourth-order valence-corrected chi connectivity index (χ4v) is 2.35. The minimum absolute atomic E-state index is 0.0558. The van der Waals surface area contributed by atoms with Crippen LogP contribution in [0.1, 0.15) is 40.0 Å². The zero-order chi connectivity index (χ0) is 14.0. The zero-order valence-electron chi connectivity index (χ0n) is 11.9. The fourth-order valence-electron chi connectivity index (χ4n) is 2.35. The third-order valence-electron chi connectivity index (χ3n) is 3.39. The Morgan fingerprint density at radius 2 is 2.21 bits per heavy atom. The molecule has 0 spiro atoms. The third kappa shape index (κ3) is 3.52. The molecule has 0 bridgehead atoms. The molecule has 0 aliphatic heterocycles. The summed E-state index contributed by atoms with van der Waals surface area (Å²) in [5, 5.41) is 3.39. The first-order chi connectivity index (χ1) is 9.01. The van der Waals surface area contributed by atoms with Crippen molar-refractivity contribution < 1.29 is 9.13 Å². The van der Waals surface area contributed by atoms with Crippen molar-refractivity contribution in [3.8, 4) is 5.75 Å². The van der Waals surface area contributed by atoms with Gasteiger partial charge in [0, 0.05) is 18.2 Å². The van der Waals surface area contributed by atoms with E-state index in [9.17, 15) is 4.39 Å². The molecular weight excluding hydrogens is 243 g/mol. The summed E-state index contributed by atoms with van der Waals surface area (Å²) in [6.45, 7) is 5.94. The van der Waals surface area contributed by atoms with Crippen LogP contribution < -0.4 is 15.8 Å². The second-order valence-corrected chi connectivity index (χ2v) is 5.57. The molecule has 1 aromatic rings. The topological polar surface area (TPSA) is 47.3 Å². The Morgan fingerprint density at radius 1 is 1.47 bits per heavy atom. The molecule has 0 saturated heterocycles. The first-order valence-electron chi connectivity index (χ1n) is 7.03. The summed E-state index contributed by atoms with van der Waals surface area (Å²) < 4.78 is 19.2. The molecule has 3 nitrogen and oxygen atoms in total. The molecule has 2 rings (SSSR count). The number of hydrogen-bond donors (Lipinski definition) is 2. The largest absolute Gasteiger partial charge is 0.488 e. The maximum Gasteiger partial charge on any atom is 0.167 e. The van der Waals surface area contributed by atoms with Gasteiger partial charge in [0.15, 0.2) is 11.6 Å². The monoisotopic (exact) mass is 266 g/mol. The van der Waals surface area contributed by atoms with Crippen LogP contribution in [-0.4, -0.2) is 12.1 Å². The molecule has 4 heteroatoms. The number of anilines is 2. The minimum atomic E-state index is -0.405. The van der Waals surface area contributed by atoms with E-state index >= 15 is 0 Å². The number of benzene rings is 1. The van der Waals surface area contributed by atoms with Gasteiger partial charge in [-0.2, -0.15) is 0 Å². The summed E-state index contributed by atoms with van der Waals surface area (Å²) in [6.07, 6.45) is 3.54. The number of hydrogen-bond acceptors (Lipinski definition) is 3. The van der Waals surface area contributed by atoms with Crippen LogP contribution in [0.15, 0.2) is 12.1 Å². The van der Waals surface area contributed by atoms with Gasteiger partial charge in [0.2, 0.25) is 0 Å². The smallest absolute Gasteiger partial charge is 0.167 e. The number of rotatable bonds is 6. The molecular formula is C15H23FN2O. The number of nitrogens with one attached hydrogen (secondary N) is 1. The molecule has 0 aromatic heterocycles. The van der Waals surface area contributed by atoms with Crippen molar-refractivity contribution in [1.82, 2.24) is 0 Å². The number of nitrogens with two attached hydrogens (primary N) is 1. The van der Waals surface area contributed by atoms with E-state index in [4.69, 9.17) is 10.5 Å². The van der Waals surface area contributed by atoms with E-state index in [0.29, 0.717) is 11.7 Å². The molecule has 0 heterocycles. The SMILES string of the molecule is CCCC1CC1Nc1cc(OC(C)C)c(F)cc1N. The molecule has 0 radical (unpaired) electrons. The van der Waals surface area contributed by atoms with Crippen molar-refractivity contribution in [2.45, 2.75) is 52.2 Å². The van der Waals surface area contributed by atoms with Crippen LogP contribution in [0.5, 0.6) is 5.75 Å². The van der Waals surface area contributed by atoms with Crippen molar-refractivity contribution in [3.05, 3.63) is 17.9 Å². The highest BCUT2D eigenvalue weighted by Crippen LogP contribution is 2.39. The molecule has 106 valence electrons. The molecule has 2 atom stereocenters. The Bertz CT molecular complexity index is 448. The Morgan fingerprint density at radius 3 is 2.84 bits per heavy atom. The lowest BCUT2D eigenvalue weighted by Gasteiger charge is -2.15. The summed E-state index contributed by atoms with van der Waals surface area (Å²) in [6, 6.07) is 3.48. The lowest BCUT2D eigenvalue weighted by molar-refractivity contribution is 0.231. The average molecular weight is 266 g/mol. The predicted molar refractivity (Wildman–Crippen MR) is 77.0 cm³/mol. The van der Waals surface area contributed by atoms with Gasteiger partial charge >= 0.3 is 0 Å². The zero-order valence-corrected chi connectivity index (χ0v) is 11.9. The van der Waals surface area contributed by atoms with E-state index in [1.54, 1.807) is 6.07 Å². The van der Waals surface area contributed by atoms with E-state index in [0.717, 1.165) is 11.6 Å². The van der Waals surface area contributed by atoms with Crippen molar-refractivity contribution in [2.75, 3.05) is 11.1 Å². The van der Waals surface area contributed by atoms with Crippen molar-refractivity contribution >= 4 is 11.4 Å². The van der Waals surface area contributed by atoms with Gasteiger partial charge in [0.1, 0.15) is 0 Å². The number of halogens is 1. The van der Waals surface area contributed by atoms with Crippen LogP contribution in [0, 0.1) is 11.7 Å². The molecule has 1 aliphatic rings. The van der Waals surface area contributed by atoms with Crippen LogP contribution in [0.4, 0.5) is 15.8 Å². The van der Waals surface area contributed by atoms with E-state index in [-0.39, 0.29) is 11.9 Å². The third-order valence-corrected chi connectivity index (χ3v) is 3.39. The molecule has 1 saturated carbocycles. The van der Waals surface area contributed by atoms with Crippen LogP contribution >= 0.6 is 0 Å². The van der Waals surface area contributed by atoms with E-state index in [2.05, 4.69) is 12.2 Å². The van der Waals surface area contributed by atoms with Gasteiger partial charge in [-0.25, -0.2) is 4.39 Å². The van der Waals surface area contributed by atoms with Crippen LogP contribution in [0.3, 0.4) is 0 Å². The first kappa shape index (κ1) is 14.0. The molecule has 1 fully saturated rings.